The molecule has 0 amide bonds. The molecule has 1 aliphatic carbocycles. The number of nitro groups is 1. The van der Waals surface area contributed by atoms with E-state index in [1.165, 1.54) is 0 Å². The van der Waals surface area contributed by atoms with Gasteiger partial charge >= 0.3 is 11.9 Å². The van der Waals surface area contributed by atoms with Crippen molar-refractivity contribution < 1.29 is 18.1 Å². The second-order valence-corrected chi connectivity index (χ2v) is 7.35. The molecule has 2 aromatic rings. The summed E-state index contributed by atoms with van der Waals surface area (Å²) < 4.78 is 39.4. The summed E-state index contributed by atoms with van der Waals surface area (Å²) in [6.45, 7) is -0.266. The monoisotopic (exact) mass is 425 g/mol. The fourth-order valence-corrected chi connectivity index (χ4v) is 3.63. The highest BCUT2D eigenvalue weighted by molar-refractivity contribution is 5.58. The van der Waals surface area contributed by atoms with Crippen LogP contribution in [0.25, 0.3) is 0 Å². The number of nitrogens with one attached hydrogen (secondary N) is 1. The van der Waals surface area contributed by atoms with Crippen molar-refractivity contribution >= 4 is 17.5 Å². The standard InChI is InChI=1S/C18H22F3N7O2/c19-18(20,21)13-5-6-24-8-11(13)9-25-17-26-14(15(28(29)30)16(23)27-17)7-10-1-3-12(22)4-2-10/h5-6,8,10,12H,1-4,7,9,22H2,(H3,23,25,26,27). The Morgan fingerprint density at radius 1 is 1.23 bits per heavy atom. The van der Waals surface area contributed by atoms with E-state index >= 15 is 0 Å². The maximum absolute atomic E-state index is 13.1. The second-order valence-electron chi connectivity index (χ2n) is 7.35. The van der Waals surface area contributed by atoms with Gasteiger partial charge in [0, 0.05) is 30.5 Å². The fraction of sp³-hybridized carbons (Fsp3) is 0.500. The fourth-order valence-electron chi connectivity index (χ4n) is 3.63. The first-order chi connectivity index (χ1) is 14.1. The molecule has 0 bridgehead atoms. The highest BCUT2D eigenvalue weighted by atomic mass is 19.4. The highest BCUT2D eigenvalue weighted by Crippen LogP contribution is 2.33. The van der Waals surface area contributed by atoms with Crippen LogP contribution < -0.4 is 16.8 Å². The van der Waals surface area contributed by atoms with Gasteiger partial charge in [0.2, 0.25) is 11.8 Å². The minimum absolute atomic E-state index is 0.0717. The van der Waals surface area contributed by atoms with Gasteiger partial charge in [-0.1, -0.05) is 0 Å². The van der Waals surface area contributed by atoms with Crippen LogP contribution in [0, 0.1) is 16.0 Å². The molecule has 162 valence electrons. The SMILES string of the molecule is Nc1nc(NCc2cnccc2C(F)(F)F)nc(CC2CCC(N)CC2)c1[N+](=O)[O-]. The van der Waals surface area contributed by atoms with Crippen molar-refractivity contribution in [2.45, 2.75) is 50.9 Å². The van der Waals surface area contributed by atoms with E-state index < -0.39 is 16.7 Å². The van der Waals surface area contributed by atoms with Crippen molar-refractivity contribution in [3.8, 4) is 0 Å². The molecule has 1 saturated carbocycles. The third-order valence-electron chi connectivity index (χ3n) is 5.19. The molecule has 2 heterocycles. The number of hydrogen-bond donors (Lipinski definition) is 3. The highest BCUT2D eigenvalue weighted by Gasteiger charge is 2.33. The summed E-state index contributed by atoms with van der Waals surface area (Å²) >= 11 is 0. The minimum atomic E-state index is -4.54. The van der Waals surface area contributed by atoms with Gasteiger partial charge in [-0.15, -0.1) is 0 Å². The van der Waals surface area contributed by atoms with E-state index in [0.717, 1.165) is 44.1 Å². The average Bonchev–Trinajstić information content (AvgIpc) is 2.67. The lowest BCUT2D eigenvalue weighted by Crippen LogP contribution is -2.27. The number of pyridine rings is 1. The van der Waals surface area contributed by atoms with Crippen LogP contribution in [0.15, 0.2) is 18.5 Å². The van der Waals surface area contributed by atoms with Gasteiger partial charge < -0.3 is 16.8 Å². The zero-order valence-electron chi connectivity index (χ0n) is 16.0. The van der Waals surface area contributed by atoms with Gasteiger partial charge in [-0.05, 0) is 44.1 Å². The van der Waals surface area contributed by atoms with Gasteiger partial charge in [-0.3, -0.25) is 15.1 Å². The van der Waals surface area contributed by atoms with E-state index in [0.29, 0.717) is 6.42 Å². The molecular weight excluding hydrogens is 403 g/mol. The van der Waals surface area contributed by atoms with Gasteiger partial charge in [-0.2, -0.15) is 18.2 Å². The Kier molecular flexibility index (Phi) is 6.34. The van der Waals surface area contributed by atoms with Crippen molar-refractivity contribution in [1.29, 1.82) is 0 Å². The summed E-state index contributed by atoms with van der Waals surface area (Å²) in [5.74, 6) is -0.236. The Labute approximate surface area is 170 Å². The number of rotatable bonds is 6. The second kappa shape index (κ2) is 8.78. The third kappa shape index (κ3) is 5.12. The molecule has 0 aliphatic heterocycles. The molecule has 12 heteroatoms. The predicted octanol–water partition coefficient (Wildman–Crippen LogP) is 3.05. The maximum Gasteiger partial charge on any atom is 0.416 e. The molecule has 1 fully saturated rings. The number of alkyl halides is 3. The largest absolute Gasteiger partial charge is 0.416 e. The van der Waals surface area contributed by atoms with Crippen LogP contribution in [0.4, 0.5) is 30.6 Å². The van der Waals surface area contributed by atoms with Gasteiger partial charge in [0.25, 0.3) is 0 Å². The zero-order valence-corrected chi connectivity index (χ0v) is 16.0. The van der Waals surface area contributed by atoms with Crippen molar-refractivity contribution in [3.63, 3.8) is 0 Å². The number of nitrogens with zero attached hydrogens (tertiary/aromatic N) is 4. The van der Waals surface area contributed by atoms with Gasteiger partial charge in [0.05, 0.1) is 10.5 Å². The summed E-state index contributed by atoms with van der Waals surface area (Å²) in [6.07, 6.45) is 1.22. The Hall–Kier alpha value is -3.02. The third-order valence-corrected chi connectivity index (χ3v) is 5.19. The van der Waals surface area contributed by atoms with Crippen molar-refractivity contribution in [2.24, 2.45) is 11.7 Å². The summed E-state index contributed by atoms with van der Waals surface area (Å²) in [5, 5.41) is 14.1. The molecule has 30 heavy (non-hydrogen) atoms. The first kappa shape index (κ1) is 21.7. The Balaban J connectivity index is 1.83. The van der Waals surface area contributed by atoms with Crippen LogP contribution in [-0.2, 0) is 19.1 Å². The van der Waals surface area contributed by atoms with Crippen LogP contribution in [-0.4, -0.2) is 25.9 Å². The number of anilines is 2. The summed E-state index contributed by atoms with van der Waals surface area (Å²) in [5.41, 5.74) is 10.5. The first-order valence-electron chi connectivity index (χ1n) is 9.45. The summed E-state index contributed by atoms with van der Waals surface area (Å²) in [4.78, 5) is 22.6. The number of nitrogen functional groups attached to an aromatic ring is 1. The molecule has 0 atom stereocenters. The topological polar surface area (TPSA) is 146 Å². The maximum atomic E-state index is 13.1. The molecule has 0 spiro atoms. The number of halogens is 3. The summed E-state index contributed by atoms with van der Waals surface area (Å²) in [6, 6.07) is 1.01. The number of nitrogens with two attached hydrogens (primary N) is 2. The van der Waals surface area contributed by atoms with E-state index in [1.54, 1.807) is 0 Å². The number of aromatic nitrogens is 3. The van der Waals surface area contributed by atoms with Crippen LogP contribution in [0.2, 0.25) is 0 Å². The van der Waals surface area contributed by atoms with Gasteiger partial charge in [0.1, 0.15) is 5.69 Å². The Bertz CT molecular complexity index is 915. The van der Waals surface area contributed by atoms with E-state index in [2.05, 4.69) is 20.3 Å². The van der Waals surface area contributed by atoms with E-state index in [4.69, 9.17) is 11.5 Å². The lowest BCUT2D eigenvalue weighted by Gasteiger charge is -2.25. The van der Waals surface area contributed by atoms with Crippen molar-refractivity contribution in [1.82, 2.24) is 15.0 Å². The van der Waals surface area contributed by atoms with Gasteiger partial charge in [0.15, 0.2) is 0 Å². The van der Waals surface area contributed by atoms with Crippen molar-refractivity contribution in [2.75, 3.05) is 11.1 Å². The summed E-state index contributed by atoms with van der Waals surface area (Å²) in [7, 11) is 0. The Morgan fingerprint density at radius 3 is 2.57 bits per heavy atom. The molecule has 0 unspecified atom stereocenters. The zero-order chi connectivity index (χ0) is 21.9. The lowest BCUT2D eigenvalue weighted by atomic mass is 9.83. The molecule has 9 nitrogen and oxygen atoms in total. The first-order valence-corrected chi connectivity index (χ1v) is 9.45. The van der Waals surface area contributed by atoms with E-state index in [1.807, 2.05) is 0 Å². The predicted molar refractivity (Wildman–Crippen MR) is 103 cm³/mol. The molecule has 0 saturated heterocycles. The molecule has 2 aromatic heterocycles. The van der Waals surface area contributed by atoms with E-state index in [9.17, 15) is 23.3 Å². The molecular formula is C18H22F3N7O2. The molecule has 5 N–H and O–H groups in total. The van der Waals surface area contributed by atoms with Crippen LogP contribution >= 0.6 is 0 Å². The van der Waals surface area contributed by atoms with Crippen LogP contribution in [0.3, 0.4) is 0 Å². The quantitative estimate of drug-likeness (QED) is 0.473. The Morgan fingerprint density at radius 2 is 1.93 bits per heavy atom. The molecule has 0 aromatic carbocycles. The average molecular weight is 425 g/mol. The van der Waals surface area contributed by atoms with E-state index in [-0.39, 0.29) is 47.2 Å². The molecule has 3 rings (SSSR count). The molecule has 0 radical (unpaired) electrons. The normalized spacial score (nSPS) is 19.5. The van der Waals surface area contributed by atoms with Crippen LogP contribution in [0.1, 0.15) is 42.5 Å². The smallest absolute Gasteiger partial charge is 0.378 e. The number of hydrogen-bond acceptors (Lipinski definition) is 8. The van der Waals surface area contributed by atoms with Crippen molar-refractivity contribution in [3.05, 3.63) is 45.4 Å². The molecule has 1 aliphatic rings. The van der Waals surface area contributed by atoms with Gasteiger partial charge in [-0.25, -0.2) is 4.98 Å². The minimum Gasteiger partial charge on any atom is -0.378 e. The van der Waals surface area contributed by atoms with Crippen LogP contribution in [0.5, 0.6) is 0 Å². The lowest BCUT2D eigenvalue weighted by molar-refractivity contribution is -0.385.